The van der Waals surface area contributed by atoms with E-state index >= 15 is 0 Å². The van der Waals surface area contributed by atoms with Crippen LogP contribution in [0.3, 0.4) is 0 Å². The second-order valence-electron chi connectivity index (χ2n) is 8.13. The molecule has 0 N–H and O–H groups in total. The lowest BCUT2D eigenvalue weighted by molar-refractivity contribution is -0.143. The second kappa shape index (κ2) is 7.48. The van der Waals surface area contributed by atoms with Gasteiger partial charge in [0.2, 0.25) is 0 Å². The number of hydrogen-bond donors (Lipinski definition) is 0. The molecule has 2 atom stereocenters. The molecule has 23 heavy (non-hydrogen) atoms. The zero-order valence-electron chi connectivity index (χ0n) is 15.3. The lowest BCUT2D eigenvalue weighted by Crippen LogP contribution is -2.29. The Hall–Kier alpha value is -1.35. The number of rotatable bonds is 4. The molecule has 3 heteroatoms. The third-order valence-corrected chi connectivity index (χ3v) is 4.62. The fraction of sp³-hybridized carbons (Fsp3) is 0.650. The standard InChI is InChI=1S/C20H31NO2/c1-20(2,3)19(22)23-17-11-8-10-15(13-17)18-12-7-6-9-16(18)14-21(4)5/h8,10-11,13,16,18H,6-7,9,12,14H2,1-5H3/t16-,18+/m0/s1. The normalized spacial score (nSPS) is 22.2. The van der Waals surface area contributed by atoms with Gasteiger partial charge in [0, 0.05) is 6.54 Å². The van der Waals surface area contributed by atoms with Crippen LogP contribution in [0.2, 0.25) is 0 Å². The minimum absolute atomic E-state index is 0.178. The van der Waals surface area contributed by atoms with Crippen LogP contribution in [-0.2, 0) is 4.79 Å². The van der Waals surface area contributed by atoms with Crippen molar-refractivity contribution in [3.8, 4) is 5.75 Å². The summed E-state index contributed by atoms with van der Waals surface area (Å²) >= 11 is 0. The number of benzene rings is 1. The van der Waals surface area contributed by atoms with E-state index in [2.05, 4.69) is 31.1 Å². The van der Waals surface area contributed by atoms with Gasteiger partial charge in [-0.2, -0.15) is 0 Å². The summed E-state index contributed by atoms with van der Waals surface area (Å²) in [4.78, 5) is 14.4. The van der Waals surface area contributed by atoms with Gasteiger partial charge in [0.05, 0.1) is 5.41 Å². The van der Waals surface area contributed by atoms with Gasteiger partial charge in [-0.1, -0.05) is 25.0 Å². The molecule has 0 unspecified atom stereocenters. The van der Waals surface area contributed by atoms with Gasteiger partial charge >= 0.3 is 5.97 Å². The van der Waals surface area contributed by atoms with Crippen LogP contribution in [0.1, 0.15) is 57.9 Å². The van der Waals surface area contributed by atoms with Crippen LogP contribution in [0.5, 0.6) is 5.75 Å². The summed E-state index contributed by atoms with van der Waals surface area (Å²) in [5.74, 6) is 1.76. The van der Waals surface area contributed by atoms with Gasteiger partial charge in [-0.05, 0) is 77.2 Å². The molecule has 0 radical (unpaired) electrons. The predicted octanol–water partition coefficient (Wildman–Crippen LogP) is 4.47. The summed E-state index contributed by atoms with van der Waals surface area (Å²) in [6.45, 7) is 6.77. The highest BCUT2D eigenvalue weighted by Gasteiger charge is 2.28. The molecule has 0 aliphatic heterocycles. The minimum Gasteiger partial charge on any atom is -0.426 e. The number of esters is 1. The van der Waals surface area contributed by atoms with E-state index in [1.54, 1.807) is 0 Å². The maximum atomic E-state index is 12.1. The Kier molecular flexibility index (Phi) is 5.85. The van der Waals surface area contributed by atoms with Crippen molar-refractivity contribution in [1.29, 1.82) is 0 Å². The fourth-order valence-corrected chi connectivity index (χ4v) is 3.40. The summed E-state index contributed by atoms with van der Waals surface area (Å²) in [6, 6.07) is 8.16. The second-order valence-corrected chi connectivity index (χ2v) is 8.13. The zero-order valence-corrected chi connectivity index (χ0v) is 15.3. The first-order valence-corrected chi connectivity index (χ1v) is 8.74. The molecule has 1 aliphatic carbocycles. The first kappa shape index (κ1) is 18.0. The number of nitrogens with zero attached hydrogens (tertiary/aromatic N) is 1. The summed E-state index contributed by atoms with van der Waals surface area (Å²) in [5.41, 5.74) is 0.838. The van der Waals surface area contributed by atoms with Crippen LogP contribution in [-0.4, -0.2) is 31.5 Å². The molecule has 0 saturated heterocycles. The van der Waals surface area contributed by atoms with Crippen molar-refractivity contribution in [2.45, 2.75) is 52.4 Å². The number of carbonyl (C=O) groups is 1. The first-order chi connectivity index (χ1) is 10.8. The SMILES string of the molecule is CN(C)C[C@@H]1CCCC[C@@H]1c1cccc(OC(=O)C(C)(C)C)c1. The predicted molar refractivity (Wildman–Crippen MR) is 94.8 cm³/mol. The maximum absolute atomic E-state index is 12.1. The molecule has 3 nitrogen and oxygen atoms in total. The smallest absolute Gasteiger partial charge is 0.316 e. The van der Waals surface area contributed by atoms with Crippen molar-refractivity contribution in [2.24, 2.45) is 11.3 Å². The molecule has 0 bridgehead atoms. The lowest BCUT2D eigenvalue weighted by atomic mass is 9.75. The molecule has 1 fully saturated rings. The van der Waals surface area contributed by atoms with Gasteiger partial charge in [-0.25, -0.2) is 0 Å². The Morgan fingerprint density at radius 3 is 2.57 bits per heavy atom. The fourth-order valence-electron chi connectivity index (χ4n) is 3.40. The highest BCUT2D eigenvalue weighted by atomic mass is 16.5. The molecule has 1 saturated carbocycles. The largest absolute Gasteiger partial charge is 0.426 e. The molecule has 0 heterocycles. The van der Waals surface area contributed by atoms with Gasteiger partial charge in [-0.15, -0.1) is 0 Å². The Morgan fingerprint density at radius 1 is 1.22 bits per heavy atom. The highest BCUT2D eigenvalue weighted by Crippen LogP contribution is 2.39. The van der Waals surface area contributed by atoms with E-state index < -0.39 is 5.41 Å². The first-order valence-electron chi connectivity index (χ1n) is 8.74. The third-order valence-electron chi connectivity index (χ3n) is 4.62. The van der Waals surface area contributed by atoms with Crippen LogP contribution >= 0.6 is 0 Å². The zero-order chi connectivity index (χ0) is 17.0. The molecular weight excluding hydrogens is 286 g/mol. The summed E-state index contributed by atoms with van der Waals surface area (Å²) < 4.78 is 5.58. The van der Waals surface area contributed by atoms with Gasteiger partial charge in [0.1, 0.15) is 5.75 Å². The van der Waals surface area contributed by atoms with Gasteiger partial charge in [0.25, 0.3) is 0 Å². The molecular formula is C20H31NO2. The van der Waals surface area contributed by atoms with Crippen molar-refractivity contribution in [3.63, 3.8) is 0 Å². The molecule has 1 aromatic rings. The minimum atomic E-state index is -0.478. The van der Waals surface area contributed by atoms with E-state index in [4.69, 9.17) is 4.74 Å². The van der Waals surface area contributed by atoms with Crippen LogP contribution in [0, 0.1) is 11.3 Å². The van der Waals surface area contributed by atoms with Crippen molar-refractivity contribution in [3.05, 3.63) is 29.8 Å². The molecule has 1 aliphatic rings. The monoisotopic (exact) mass is 317 g/mol. The average Bonchev–Trinajstić information content (AvgIpc) is 2.46. The van der Waals surface area contributed by atoms with E-state index in [1.807, 2.05) is 32.9 Å². The third kappa shape index (κ3) is 5.07. The van der Waals surface area contributed by atoms with E-state index in [9.17, 15) is 4.79 Å². The summed E-state index contributed by atoms with van der Waals surface area (Å²) in [6.07, 6.45) is 5.14. The average molecular weight is 317 g/mol. The molecule has 0 aromatic heterocycles. The van der Waals surface area contributed by atoms with Crippen molar-refractivity contribution >= 4 is 5.97 Å². The van der Waals surface area contributed by atoms with Crippen LogP contribution in [0.4, 0.5) is 0 Å². The van der Waals surface area contributed by atoms with E-state index in [0.717, 1.165) is 6.54 Å². The Labute approximate surface area is 141 Å². The molecule has 1 aromatic carbocycles. The Balaban J connectivity index is 2.15. The highest BCUT2D eigenvalue weighted by molar-refractivity contribution is 5.77. The number of carbonyl (C=O) groups excluding carboxylic acids is 1. The summed E-state index contributed by atoms with van der Waals surface area (Å²) in [7, 11) is 4.29. The number of hydrogen-bond acceptors (Lipinski definition) is 3. The Bertz CT molecular complexity index is 531. The molecule has 0 spiro atoms. The quantitative estimate of drug-likeness (QED) is 0.606. The van der Waals surface area contributed by atoms with Gasteiger partial charge < -0.3 is 9.64 Å². The molecule has 128 valence electrons. The van der Waals surface area contributed by atoms with E-state index in [0.29, 0.717) is 17.6 Å². The number of ether oxygens (including phenoxy) is 1. The van der Waals surface area contributed by atoms with Crippen molar-refractivity contribution in [1.82, 2.24) is 4.90 Å². The van der Waals surface area contributed by atoms with E-state index in [1.165, 1.54) is 31.2 Å². The van der Waals surface area contributed by atoms with Crippen molar-refractivity contribution < 1.29 is 9.53 Å². The van der Waals surface area contributed by atoms with E-state index in [-0.39, 0.29) is 5.97 Å². The van der Waals surface area contributed by atoms with Gasteiger partial charge in [-0.3, -0.25) is 4.79 Å². The van der Waals surface area contributed by atoms with Crippen LogP contribution in [0.25, 0.3) is 0 Å². The van der Waals surface area contributed by atoms with Crippen LogP contribution in [0.15, 0.2) is 24.3 Å². The lowest BCUT2D eigenvalue weighted by Gasteiger charge is -2.34. The maximum Gasteiger partial charge on any atom is 0.316 e. The topological polar surface area (TPSA) is 29.5 Å². The molecule has 2 rings (SSSR count). The van der Waals surface area contributed by atoms with Crippen molar-refractivity contribution in [2.75, 3.05) is 20.6 Å². The Morgan fingerprint density at radius 2 is 1.91 bits per heavy atom. The van der Waals surface area contributed by atoms with Crippen LogP contribution < -0.4 is 4.74 Å². The summed E-state index contributed by atoms with van der Waals surface area (Å²) in [5, 5.41) is 0. The molecule has 0 amide bonds. The van der Waals surface area contributed by atoms with Gasteiger partial charge in [0.15, 0.2) is 0 Å².